The number of hydrogen-bond acceptors (Lipinski definition) is 2. The van der Waals surface area contributed by atoms with Gasteiger partial charge in [0.25, 0.3) is 0 Å². The van der Waals surface area contributed by atoms with Crippen molar-refractivity contribution in [1.29, 1.82) is 0 Å². The summed E-state index contributed by atoms with van der Waals surface area (Å²) in [5.41, 5.74) is 1.31. The minimum Gasteiger partial charge on any atom is -0.298 e. The van der Waals surface area contributed by atoms with Crippen molar-refractivity contribution < 1.29 is 4.79 Å². The van der Waals surface area contributed by atoms with E-state index in [0.717, 1.165) is 18.6 Å². The van der Waals surface area contributed by atoms with E-state index < -0.39 is 0 Å². The maximum absolute atomic E-state index is 12.0. The summed E-state index contributed by atoms with van der Waals surface area (Å²) in [5.74, 6) is 2.50. The maximum Gasteiger partial charge on any atom is 0.145 e. The highest BCUT2D eigenvalue weighted by Crippen LogP contribution is 2.26. The standard InChI is InChI=1S/C15H20OS/c16-15(14-9-5-2-6-10-14)12-17-11-13-7-3-1-4-8-13/h1,3-4,7-8,14H,2,5-6,9-12H2. The third-order valence-corrected chi connectivity index (χ3v) is 4.44. The van der Waals surface area contributed by atoms with Crippen molar-refractivity contribution in [3.8, 4) is 0 Å². The third kappa shape index (κ3) is 4.19. The molecule has 0 unspecified atom stereocenters. The zero-order valence-electron chi connectivity index (χ0n) is 10.2. The molecule has 0 aromatic heterocycles. The highest BCUT2D eigenvalue weighted by molar-refractivity contribution is 7.99. The molecule has 0 saturated heterocycles. The highest BCUT2D eigenvalue weighted by Gasteiger charge is 2.20. The quantitative estimate of drug-likeness (QED) is 0.781. The second-order valence-electron chi connectivity index (χ2n) is 4.78. The van der Waals surface area contributed by atoms with E-state index in [9.17, 15) is 4.79 Å². The molecule has 1 aromatic rings. The fraction of sp³-hybridized carbons (Fsp3) is 0.533. The van der Waals surface area contributed by atoms with Crippen LogP contribution in [-0.4, -0.2) is 11.5 Å². The molecule has 1 fully saturated rings. The molecular formula is C15H20OS. The van der Waals surface area contributed by atoms with Crippen molar-refractivity contribution in [1.82, 2.24) is 0 Å². The largest absolute Gasteiger partial charge is 0.298 e. The molecule has 1 aliphatic carbocycles. The number of ketones is 1. The molecule has 0 radical (unpaired) electrons. The lowest BCUT2D eigenvalue weighted by atomic mass is 9.87. The summed E-state index contributed by atoms with van der Waals surface area (Å²) >= 11 is 1.76. The van der Waals surface area contributed by atoms with Crippen molar-refractivity contribution >= 4 is 17.5 Å². The summed E-state index contributed by atoms with van der Waals surface area (Å²) in [5, 5.41) is 0. The zero-order valence-corrected chi connectivity index (χ0v) is 11.0. The molecule has 2 heteroatoms. The Hall–Kier alpha value is -0.760. The number of rotatable bonds is 5. The number of hydrogen-bond donors (Lipinski definition) is 0. The molecule has 92 valence electrons. The molecular weight excluding hydrogens is 228 g/mol. The van der Waals surface area contributed by atoms with Crippen LogP contribution in [0.25, 0.3) is 0 Å². The van der Waals surface area contributed by atoms with Crippen molar-refractivity contribution in [3.63, 3.8) is 0 Å². The summed E-state index contributed by atoms with van der Waals surface area (Å²) in [6.07, 6.45) is 6.08. The summed E-state index contributed by atoms with van der Waals surface area (Å²) in [7, 11) is 0. The van der Waals surface area contributed by atoms with E-state index in [-0.39, 0.29) is 0 Å². The third-order valence-electron chi connectivity index (χ3n) is 3.42. The van der Waals surface area contributed by atoms with Gasteiger partial charge < -0.3 is 0 Å². The average Bonchev–Trinajstić information content (AvgIpc) is 2.41. The monoisotopic (exact) mass is 248 g/mol. The lowest BCUT2D eigenvalue weighted by molar-refractivity contribution is -0.121. The molecule has 1 aliphatic rings. The highest BCUT2D eigenvalue weighted by atomic mass is 32.2. The summed E-state index contributed by atoms with van der Waals surface area (Å²) in [6.45, 7) is 0. The first-order valence-electron chi connectivity index (χ1n) is 6.50. The van der Waals surface area contributed by atoms with E-state index in [0.29, 0.717) is 17.5 Å². The Morgan fingerprint density at radius 2 is 1.82 bits per heavy atom. The second kappa shape index (κ2) is 6.85. The number of carbonyl (C=O) groups excluding carboxylic acids is 1. The Morgan fingerprint density at radius 3 is 2.53 bits per heavy atom. The van der Waals surface area contributed by atoms with Gasteiger partial charge in [0.15, 0.2) is 0 Å². The minimum atomic E-state index is 0.368. The van der Waals surface area contributed by atoms with E-state index in [1.165, 1.54) is 24.8 Å². The fourth-order valence-corrected chi connectivity index (χ4v) is 3.35. The molecule has 1 saturated carbocycles. The normalized spacial score (nSPS) is 16.9. The van der Waals surface area contributed by atoms with Crippen molar-refractivity contribution in [2.24, 2.45) is 5.92 Å². The number of Topliss-reactive ketones (excluding diaryl/α,β-unsaturated/α-hetero) is 1. The SMILES string of the molecule is O=C(CSCc1ccccc1)C1CCCCC1. The van der Waals surface area contributed by atoms with Crippen LogP contribution in [0.4, 0.5) is 0 Å². The van der Waals surface area contributed by atoms with E-state index >= 15 is 0 Å². The summed E-state index contributed by atoms with van der Waals surface area (Å²) in [4.78, 5) is 12.0. The summed E-state index contributed by atoms with van der Waals surface area (Å²) in [6, 6.07) is 10.4. The molecule has 17 heavy (non-hydrogen) atoms. The van der Waals surface area contributed by atoms with Gasteiger partial charge in [-0.05, 0) is 18.4 Å². The first-order valence-corrected chi connectivity index (χ1v) is 7.66. The molecule has 2 rings (SSSR count). The topological polar surface area (TPSA) is 17.1 Å². The molecule has 0 atom stereocenters. The Labute approximate surface area is 108 Å². The van der Waals surface area contributed by atoms with Gasteiger partial charge in [-0.25, -0.2) is 0 Å². The van der Waals surface area contributed by atoms with Gasteiger partial charge in [-0.1, -0.05) is 49.6 Å². The van der Waals surface area contributed by atoms with Gasteiger partial charge in [-0.2, -0.15) is 0 Å². The van der Waals surface area contributed by atoms with Crippen LogP contribution in [0.3, 0.4) is 0 Å². The first kappa shape index (κ1) is 12.7. The second-order valence-corrected chi connectivity index (χ2v) is 5.77. The van der Waals surface area contributed by atoms with Gasteiger partial charge in [-0.3, -0.25) is 4.79 Å². The fourth-order valence-electron chi connectivity index (χ4n) is 2.39. The molecule has 1 nitrogen and oxygen atoms in total. The number of carbonyl (C=O) groups is 1. The molecule has 1 aromatic carbocycles. The van der Waals surface area contributed by atoms with E-state index in [2.05, 4.69) is 24.3 Å². The van der Waals surface area contributed by atoms with Crippen molar-refractivity contribution in [2.45, 2.75) is 37.9 Å². The van der Waals surface area contributed by atoms with Crippen LogP contribution in [-0.2, 0) is 10.5 Å². The molecule has 0 bridgehead atoms. The van der Waals surface area contributed by atoms with Crippen LogP contribution in [0.2, 0.25) is 0 Å². The molecule has 0 N–H and O–H groups in total. The average molecular weight is 248 g/mol. The van der Waals surface area contributed by atoms with Crippen LogP contribution in [0, 0.1) is 5.92 Å². The van der Waals surface area contributed by atoms with Gasteiger partial charge >= 0.3 is 0 Å². The van der Waals surface area contributed by atoms with Gasteiger partial charge in [0.05, 0.1) is 5.75 Å². The Balaban J connectivity index is 1.69. The molecule has 0 heterocycles. The van der Waals surface area contributed by atoms with Gasteiger partial charge in [0.1, 0.15) is 5.78 Å². The Bertz CT molecular complexity index is 341. The van der Waals surface area contributed by atoms with E-state index in [1.807, 2.05) is 6.07 Å². The van der Waals surface area contributed by atoms with Gasteiger partial charge in [-0.15, -0.1) is 11.8 Å². The first-order chi connectivity index (χ1) is 8.36. The Morgan fingerprint density at radius 1 is 1.12 bits per heavy atom. The summed E-state index contributed by atoms with van der Waals surface area (Å²) < 4.78 is 0. The number of thioether (sulfide) groups is 1. The van der Waals surface area contributed by atoms with Crippen LogP contribution in [0.5, 0.6) is 0 Å². The Kier molecular flexibility index (Phi) is 5.11. The van der Waals surface area contributed by atoms with E-state index in [4.69, 9.17) is 0 Å². The zero-order chi connectivity index (χ0) is 11.9. The molecule has 0 amide bonds. The minimum absolute atomic E-state index is 0.368. The predicted octanol–water partition coefficient (Wildman–Crippen LogP) is 4.07. The lowest BCUT2D eigenvalue weighted by Crippen LogP contribution is -2.19. The van der Waals surface area contributed by atoms with Crippen molar-refractivity contribution in [3.05, 3.63) is 35.9 Å². The van der Waals surface area contributed by atoms with Crippen LogP contribution < -0.4 is 0 Å². The predicted molar refractivity (Wildman–Crippen MR) is 74.2 cm³/mol. The van der Waals surface area contributed by atoms with Gasteiger partial charge in [0, 0.05) is 11.7 Å². The molecule has 0 aliphatic heterocycles. The van der Waals surface area contributed by atoms with Crippen LogP contribution in [0.15, 0.2) is 30.3 Å². The van der Waals surface area contributed by atoms with E-state index in [1.54, 1.807) is 11.8 Å². The van der Waals surface area contributed by atoms with Crippen molar-refractivity contribution in [2.75, 3.05) is 5.75 Å². The number of benzene rings is 1. The van der Waals surface area contributed by atoms with Crippen LogP contribution in [0.1, 0.15) is 37.7 Å². The van der Waals surface area contributed by atoms with Crippen LogP contribution >= 0.6 is 11.8 Å². The molecule has 0 spiro atoms. The maximum atomic E-state index is 12.0. The lowest BCUT2D eigenvalue weighted by Gasteiger charge is -2.19. The van der Waals surface area contributed by atoms with Gasteiger partial charge in [0.2, 0.25) is 0 Å². The smallest absolute Gasteiger partial charge is 0.145 e.